The van der Waals surface area contributed by atoms with Crippen molar-refractivity contribution in [3.63, 3.8) is 0 Å². The molecule has 1 unspecified atom stereocenters. The maximum Gasteiger partial charge on any atom is 0.237 e. The molecule has 8 heteroatoms. The van der Waals surface area contributed by atoms with Crippen molar-refractivity contribution >= 4 is 11.8 Å². The molecule has 0 heterocycles. The second kappa shape index (κ2) is 15.7. The van der Waals surface area contributed by atoms with Crippen molar-refractivity contribution < 1.29 is 19.1 Å². The van der Waals surface area contributed by atoms with Gasteiger partial charge in [0.15, 0.2) is 0 Å². The number of carbonyl (C=O) groups excluding carboxylic acids is 2. The summed E-state index contributed by atoms with van der Waals surface area (Å²) in [5.74, 6) is -0.532. The minimum Gasteiger partial charge on any atom is -0.382 e. The molecule has 2 amide bonds. The number of hydrogen-bond donors (Lipinski definition) is 4. The van der Waals surface area contributed by atoms with Gasteiger partial charge in [0, 0.05) is 33.4 Å². The van der Waals surface area contributed by atoms with Crippen molar-refractivity contribution in [3.05, 3.63) is 0 Å². The van der Waals surface area contributed by atoms with E-state index in [2.05, 4.69) is 22.9 Å². The molecular formula is C15H32N4O4. The van der Waals surface area contributed by atoms with Crippen LogP contribution in [-0.4, -0.2) is 71.0 Å². The van der Waals surface area contributed by atoms with E-state index in [1.54, 1.807) is 7.11 Å². The average Bonchev–Trinajstić information content (AvgIpc) is 2.53. The second-order valence-corrected chi connectivity index (χ2v) is 5.16. The lowest BCUT2D eigenvalue weighted by molar-refractivity contribution is -0.127. The number of methoxy groups -OCH3 is 1. The van der Waals surface area contributed by atoms with Crippen molar-refractivity contribution in [2.75, 3.05) is 53.1 Å². The smallest absolute Gasteiger partial charge is 0.237 e. The quantitative estimate of drug-likeness (QED) is 0.286. The van der Waals surface area contributed by atoms with Crippen molar-refractivity contribution in [1.29, 1.82) is 0 Å². The van der Waals surface area contributed by atoms with Crippen molar-refractivity contribution in [2.24, 2.45) is 5.73 Å². The van der Waals surface area contributed by atoms with Gasteiger partial charge in [-0.1, -0.05) is 6.92 Å². The van der Waals surface area contributed by atoms with Crippen LogP contribution < -0.4 is 21.7 Å². The zero-order valence-electron chi connectivity index (χ0n) is 14.4. The monoisotopic (exact) mass is 332 g/mol. The van der Waals surface area contributed by atoms with Gasteiger partial charge in [0.05, 0.1) is 25.7 Å². The summed E-state index contributed by atoms with van der Waals surface area (Å²) in [4.78, 5) is 23.4. The Hall–Kier alpha value is -1.22. The second-order valence-electron chi connectivity index (χ2n) is 5.16. The highest BCUT2D eigenvalue weighted by Crippen LogP contribution is 1.90. The van der Waals surface area contributed by atoms with Gasteiger partial charge in [0.25, 0.3) is 0 Å². The summed E-state index contributed by atoms with van der Waals surface area (Å²) in [5.41, 5.74) is 5.71. The van der Waals surface area contributed by atoms with Gasteiger partial charge >= 0.3 is 0 Å². The fraction of sp³-hybridized carbons (Fsp3) is 0.867. The molecule has 1 atom stereocenters. The van der Waals surface area contributed by atoms with Gasteiger partial charge in [0.2, 0.25) is 11.8 Å². The zero-order valence-corrected chi connectivity index (χ0v) is 14.4. The van der Waals surface area contributed by atoms with E-state index in [4.69, 9.17) is 15.2 Å². The summed E-state index contributed by atoms with van der Waals surface area (Å²) < 4.78 is 10.1. The van der Waals surface area contributed by atoms with E-state index in [9.17, 15) is 9.59 Å². The highest BCUT2D eigenvalue weighted by Gasteiger charge is 2.16. The summed E-state index contributed by atoms with van der Waals surface area (Å²) in [5, 5.41) is 8.60. The molecule has 0 aromatic heterocycles. The molecule has 0 radical (unpaired) electrons. The Labute approximate surface area is 138 Å². The molecule has 0 aliphatic carbocycles. The van der Waals surface area contributed by atoms with Crippen LogP contribution in [-0.2, 0) is 19.1 Å². The van der Waals surface area contributed by atoms with Gasteiger partial charge in [0.1, 0.15) is 0 Å². The molecule has 0 spiro atoms. The van der Waals surface area contributed by atoms with Gasteiger partial charge in [-0.3, -0.25) is 9.59 Å². The number of hydrogen-bond acceptors (Lipinski definition) is 6. The molecule has 8 nitrogen and oxygen atoms in total. The van der Waals surface area contributed by atoms with Crippen molar-refractivity contribution in [1.82, 2.24) is 16.0 Å². The van der Waals surface area contributed by atoms with E-state index in [1.165, 1.54) is 0 Å². The van der Waals surface area contributed by atoms with Crippen LogP contribution >= 0.6 is 0 Å². The number of nitrogens with one attached hydrogen (secondary N) is 3. The lowest BCUT2D eigenvalue weighted by atomic mass is 10.2. The lowest BCUT2D eigenvalue weighted by Gasteiger charge is -2.12. The number of rotatable bonds is 15. The molecule has 0 aromatic carbocycles. The molecule has 0 aromatic rings. The first-order chi connectivity index (χ1) is 11.1. The number of ether oxygens (including phenoxy) is 2. The minimum absolute atomic E-state index is 0.00997. The van der Waals surface area contributed by atoms with Gasteiger partial charge in [-0.05, 0) is 19.4 Å². The van der Waals surface area contributed by atoms with Crippen molar-refractivity contribution in [2.45, 2.75) is 32.2 Å². The summed E-state index contributed by atoms with van der Waals surface area (Å²) >= 11 is 0. The van der Waals surface area contributed by atoms with E-state index >= 15 is 0 Å². The van der Waals surface area contributed by atoms with Gasteiger partial charge in [-0.15, -0.1) is 0 Å². The Morgan fingerprint density at radius 1 is 1.04 bits per heavy atom. The minimum atomic E-state index is -0.826. The molecule has 5 N–H and O–H groups in total. The van der Waals surface area contributed by atoms with Crippen LogP contribution in [0.25, 0.3) is 0 Å². The molecule has 23 heavy (non-hydrogen) atoms. The van der Waals surface area contributed by atoms with Crippen LogP contribution in [0.4, 0.5) is 0 Å². The molecule has 0 aliphatic rings. The largest absolute Gasteiger partial charge is 0.382 e. The Kier molecular flexibility index (Phi) is 14.8. The third kappa shape index (κ3) is 14.1. The Balaban J connectivity index is 3.58. The molecule has 0 saturated carbocycles. The fourth-order valence-corrected chi connectivity index (χ4v) is 1.72. The highest BCUT2D eigenvalue weighted by molar-refractivity contribution is 5.88. The summed E-state index contributed by atoms with van der Waals surface area (Å²) in [6, 6.07) is -0.826. The van der Waals surface area contributed by atoms with Crippen molar-refractivity contribution in [3.8, 4) is 0 Å². The molecule has 0 aliphatic heterocycles. The molecule has 0 fully saturated rings. The van der Waals surface area contributed by atoms with E-state index in [0.29, 0.717) is 45.9 Å². The SMILES string of the molecule is CCCNCCNC(=O)CC(N)C(=O)NCCCOCCOC. The molecule has 0 saturated heterocycles. The number of amides is 2. The van der Waals surface area contributed by atoms with Crippen LogP contribution in [0.15, 0.2) is 0 Å². The van der Waals surface area contributed by atoms with Crippen LogP contribution in [0.5, 0.6) is 0 Å². The predicted molar refractivity (Wildman–Crippen MR) is 89.1 cm³/mol. The van der Waals surface area contributed by atoms with E-state index in [0.717, 1.165) is 13.0 Å². The Morgan fingerprint density at radius 3 is 2.52 bits per heavy atom. The highest BCUT2D eigenvalue weighted by atomic mass is 16.5. The first-order valence-electron chi connectivity index (χ1n) is 8.19. The van der Waals surface area contributed by atoms with Gasteiger partial charge in [-0.25, -0.2) is 0 Å². The van der Waals surface area contributed by atoms with Gasteiger partial charge in [-0.2, -0.15) is 0 Å². The lowest BCUT2D eigenvalue weighted by Crippen LogP contribution is -2.44. The Morgan fingerprint density at radius 2 is 1.83 bits per heavy atom. The zero-order chi connectivity index (χ0) is 17.3. The molecular weight excluding hydrogens is 300 g/mol. The van der Waals surface area contributed by atoms with E-state index < -0.39 is 6.04 Å². The third-order valence-electron chi connectivity index (χ3n) is 2.99. The summed E-state index contributed by atoms with van der Waals surface area (Å²) in [6.07, 6.45) is 1.73. The molecule has 136 valence electrons. The maximum atomic E-state index is 11.7. The maximum absolute atomic E-state index is 11.7. The fourth-order valence-electron chi connectivity index (χ4n) is 1.72. The van der Waals surface area contributed by atoms with Gasteiger partial charge < -0.3 is 31.2 Å². The number of nitrogens with two attached hydrogens (primary N) is 1. The Bertz CT molecular complexity index is 316. The first kappa shape index (κ1) is 21.8. The summed E-state index contributed by atoms with van der Waals surface area (Å²) in [6.45, 7) is 6.36. The van der Waals surface area contributed by atoms with E-state index in [1.807, 2.05) is 0 Å². The van der Waals surface area contributed by atoms with Crippen LogP contribution in [0, 0.1) is 0 Å². The van der Waals surface area contributed by atoms with E-state index in [-0.39, 0.29) is 18.2 Å². The average molecular weight is 332 g/mol. The molecule has 0 bridgehead atoms. The first-order valence-corrected chi connectivity index (χ1v) is 8.19. The number of carbonyl (C=O) groups is 2. The normalized spacial score (nSPS) is 12.0. The predicted octanol–water partition coefficient (Wildman–Crippen LogP) is -1.01. The molecule has 0 rings (SSSR count). The van der Waals surface area contributed by atoms with Crippen LogP contribution in [0.2, 0.25) is 0 Å². The third-order valence-corrected chi connectivity index (χ3v) is 2.99. The standard InChI is InChI=1S/C15H32N4O4/c1-3-5-17-7-8-18-14(20)12-13(16)15(21)19-6-4-9-23-11-10-22-2/h13,17H,3-12,16H2,1-2H3,(H,18,20)(H,19,21). The topological polar surface area (TPSA) is 115 Å². The van der Waals surface area contributed by atoms with Crippen LogP contribution in [0.3, 0.4) is 0 Å². The summed E-state index contributed by atoms with van der Waals surface area (Å²) in [7, 11) is 1.61. The van der Waals surface area contributed by atoms with Crippen LogP contribution in [0.1, 0.15) is 26.2 Å².